The highest BCUT2D eigenvalue weighted by molar-refractivity contribution is 6.05. The van der Waals surface area contributed by atoms with Crippen LogP contribution in [0.25, 0.3) is 0 Å². The van der Waals surface area contributed by atoms with Gasteiger partial charge in [-0.05, 0) is 6.92 Å². The molecule has 2 aliphatic heterocycles. The number of rotatable bonds is 4. The zero-order valence-electron chi connectivity index (χ0n) is 11.2. The number of nitrogens with zero attached hydrogens (tertiary/aromatic N) is 2. The molecule has 2 unspecified atom stereocenters. The van der Waals surface area contributed by atoms with Gasteiger partial charge in [0.1, 0.15) is 6.04 Å². The van der Waals surface area contributed by atoms with Crippen LogP contribution in [0.2, 0.25) is 0 Å². The van der Waals surface area contributed by atoms with Crippen molar-refractivity contribution in [2.24, 2.45) is 0 Å². The number of likely N-dealkylation sites (tertiary alicyclic amines) is 1. The molecule has 2 atom stereocenters. The quantitative estimate of drug-likeness (QED) is 0.602. The summed E-state index contributed by atoms with van der Waals surface area (Å²) >= 11 is 0. The number of likely N-dealkylation sites (N-methyl/N-ethyl adjacent to an activating group) is 1. The molecule has 0 aromatic carbocycles. The molecule has 2 saturated heterocycles. The minimum absolute atomic E-state index is 0.00999. The third-order valence-electron chi connectivity index (χ3n) is 3.68. The highest BCUT2D eigenvalue weighted by Crippen LogP contribution is 2.23. The van der Waals surface area contributed by atoms with Crippen LogP contribution < -0.4 is 5.32 Å². The maximum atomic E-state index is 12.2. The van der Waals surface area contributed by atoms with Gasteiger partial charge in [0.05, 0.1) is 18.9 Å². The van der Waals surface area contributed by atoms with E-state index in [4.69, 9.17) is 5.11 Å². The van der Waals surface area contributed by atoms with Crippen LogP contribution in [0, 0.1) is 0 Å². The number of carboxylic acids is 1. The highest BCUT2D eigenvalue weighted by atomic mass is 16.4. The molecule has 2 heterocycles. The maximum Gasteiger partial charge on any atom is 0.305 e. The molecule has 3 amide bonds. The third-order valence-corrected chi connectivity index (χ3v) is 3.68. The average molecular weight is 283 g/mol. The van der Waals surface area contributed by atoms with Gasteiger partial charge < -0.3 is 10.4 Å². The van der Waals surface area contributed by atoms with Crippen molar-refractivity contribution < 1.29 is 24.3 Å². The first-order valence-corrected chi connectivity index (χ1v) is 6.55. The number of carboxylic acid groups (broad SMARTS) is 1. The van der Waals surface area contributed by atoms with Crippen LogP contribution >= 0.6 is 0 Å². The lowest BCUT2D eigenvalue weighted by Gasteiger charge is -2.37. The Bertz CT molecular complexity index is 464. The topological polar surface area (TPSA) is 107 Å². The van der Waals surface area contributed by atoms with Crippen LogP contribution in [0.15, 0.2) is 0 Å². The number of hydrogen-bond acceptors (Lipinski definition) is 5. The normalized spacial score (nSPS) is 27.9. The van der Waals surface area contributed by atoms with Crippen LogP contribution in [0.5, 0.6) is 0 Å². The summed E-state index contributed by atoms with van der Waals surface area (Å²) in [5, 5.41) is 11.5. The first kappa shape index (κ1) is 14.4. The molecule has 0 radical (unpaired) electrons. The Hall–Kier alpha value is -1.96. The van der Waals surface area contributed by atoms with Gasteiger partial charge in [-0.1, -0.05) is 0 Å². The minimum atomic E-state index is -1.11. The lowest BCUT2D eigenvalue weighted by Crippen LogP contribution is -2.60. The Morgan fingerprint density at radius 1 is 1.40 bits per heavy atom. The van der Waals surface area contributed by atoms with E-state index in [1.165, 1.54) is 0 Å². The van der Waals surface area contributed by atoms with Crippen LogP contribution in [-0.2, 0) is 19.2 Å². The molecular formula is C12H17N3O5. The largest absolute Gasteiger partial charge is 0.481 e. The maximum absolute atomic E-state index is 12.2. The molecule has 8 heteroatoms. The molecular weight excluding hydrogens is 266 g/mol. The predicted octanol–water partition coefficient (Wildman–Crippen LogP) is -1.59. The second kappa shape index (κ2) is 5.58. The fraction of sp³-hybridized carbons (Fsp3) is 0.667. The SMILES string of the molecule is CCN1C(=O)CC(N2CCNC(=O)C2CC(=O)O)C1=O. The van der Waals surface area contributed by atoms with Crippen LogP contribution in [0.4, 0.5) is 0 Å². The molecule has 110 valence electrons. The third kappa shape index (κ3) is 2.51. The van der Waals surface area contributed by atoms with Gasteiger partial charge in [0.2, 0.25) is 17.7 Å². The Kier molecular flexibility index (Phi) is 4.03. The number of carbonyl (C=O) groups is 4. The molecule has 2 rings (SSSR count). The summed E-state index contributed by atoms with van der Waals surface area (Å²) in [4.78, 5) is 49.3. The van der Waals surface area contributed by atoms with Crippen molar-refractivity contribution in [3.05, 3.63) is 0 Å². The van der Waals surface area contributed by atoms with E-state index >= 15 is 0 Å². The Labute approximate surface area is 115 Å². The summed E-state index contributed by atoms with van der Waals surface area (Å²) in [7, 11) is 0. The van der Waals surface area contributed by atoms with Gasteiger partial charge in [-0.15, -0.1) is 0 Å². The van der Waals surface area contributed by atoms with E-state index in [0.717, 1.165) is 4.90 Å². The zero-order valence-corrected chi connectivity index (χ0v) is 11.2. The van der Waals surface area contributed by atoms with Crippen LogP contribution in [-0.4, -0.2) is 70.3 Å². The average Bonchev–Trinajstić information content (AvgIpc) is 2.66. The molecule has 20 heavy (non-hydrogen) atoms. The molecule has 0 spiro atoms. The van der Waals surface area contributed by atoms with E-state index < -0.39 is 24.0 Å². The summed E-state index contributed by atoms with van der Waals surface area (Å²) in [5.41, 5.74) is 0. The molecule has 2 N–H and O–H groups in total. The van der Waals surface area contributed by atoms with E-state index in [1.807, 2.05) is 0 Å². The second-order valence-electron chi connectivity index (χ2n) is 4.84. The minimum Gasteiger partial charge on any atom is -0.481 e. The molecule has 0 aromatic rings. The number of hydrogen-bond donors (Lipinski definition) is 2. The smallest absolute Gasteiger partial charge is 0.305 e. The van der Waals surface area contributed by atoms with Crippen molar-refractivity contribution in [1.29, 1.82) is 0 Å². The Morgan fingerprint density at radius 3 is 2.65 bits per heavy atom. The van der Waals surface area contributed by atoms with E-state index in [1.54, 1.807) is 11.8 Å². The van der Waals surface area contributed by atoms with Crippen molar-refractivity contribution in [3.8, 4) is 0 Å². The van der Waals surface area contributed by atoms with Gasteiger partial charge >= 0.3 is 5.97 Å². The molecule has 2 aliphatic rings. The van der Waals surface area contributed by atoms with Gasteiger partial charge in [0.25, 0.3) is 0 Å². The molecule has 2 fully saturated rings. The number of nitrogens with one attached hydrogen (secondary N) is 1. The van der Waals surface area contributed by atoms with E-state index in [0.29, 0.717) is 13.1 Å². The summed E-state index contributed by atoms with van der Waals surface area (Å²) in [5.74, 6) is -2.14. The van der Waals surface area contributed by atoms with E-state index in [9.17, 15) is 19.2 Å². The van der Waals surface area contributed by atoms with Crippen LogP contribution in [0.1, 0.15) is 19.8 Å². The van der Waals surface area contributed by atoms with Crippen molar-refractivity contribution in [2.75, 3.05) is 19.6 Å². The predicted molar refractivity (Wildman–Crippen MR) is 66.6 cm³/mol. The summed E-state index contributed by atoms with van der Waals surface area (Å²) in [6.07, 6.45) is -0.369. The monoisotopic (exact) mass is 283 g/mol. The molecule has 0 bridgehead atoms. The first-order chi connectivity index (χ1) is 9.45. The highest BCUT2D eigenvalue weighted by Gasteiger charge is 2.46. The number of piperazine rings is 1. The van der Waals surface area contributed by atoms with Gasteiger partial charge in [-0.2, -0.15) is 0 Å². The summed E-state index contributed by atoms with van der Waals surface area (Å²) in [6.45, 7) is 2.71. The van der Waals surface area contributed by atoms with Crippen molar-refractivity contribution >= 4 is 23.7 Å². The lowest BCUT2D eigenvalue weighted by molar-refractivity contribution is -0.146. The number of amides is 3. The van der Waals surface area contributed by atoms with Gasteiger partial charge in [0, 0.05) is 19.6 Å². The Morgan fingerprint density at radius 2 is 2.10 bits per heavy atom. The fourth-order valence-electron chi connectivity index (χ4n) is 2.74. The second-order valence-corrected chi connectivity index (χ2v) is 4.84. The summed E-state index contributed by atoms with van der Waals surface area (Å²) < 4.78 is 0. The van der Waals surface area contributed by atoms with Crippen molar-refractivity contribution in [3.63, 3.8) is 0 Å². The molecule has 0 aromatic heterocycles. The molecule has 8 nitrogen and oxygen atoms in total. The van der Waals surface area contributed by atoms with Crippen molar-refractivity contribution in [1.82, 2.24) is 15.1 Å². The first-order valence-electron chi connectivity index (χ1n) is 6.55. The Balaban J connectivity index is 2.20. The van der Waals surface area contributed by atoms with E-state index in [-0.39, 0.29) is 31.2 Å². The number of aliphatic carboxylic acids is 1. The molecule has 0 aliphatic carbocycles. The van der Waals surface area contributed by atoms with Gasteiger partial charge in [-0.25, -0.2) is 0 Å². The fourth-order valence-corrected chi connectivity index (χ4v) is 2.74. The van der Waals surface area contributed by atoms with Gasteiger partial charge in [0.15, 0.2) is 0 Å². The van der Waals surface area contributed by atoms with E-state index in [2.05, 4.69) is 5.32 Å². The summed E-state index contributed by atoms with van der Waals surface area (Å²) in [6, 6.07) is -1.63. The molecule has 0 saturated carbocycles. The number of carbonyl (C=O) groups excluding carboxylic acids is 3. The lowest BCUT2D eigenvalue weighted by atomic mass is 10.0. The zero-order chi connectivity index (χ0) is 14.9. The van der Waals surface area contributed by atoms with Crippen molar-refractivity contribution in [2.45, 2.75) is 31.8 Å². The number of imide groups is 1. The standard InChI is InChI=1S/C12H17N3O5/c1-2-14-9(16)5-8(12(14)20)15-4-3-13-11(19)7(15)6-10(17)18/h7-8H,2-6H2,1H3,(H,13,19)(H,17,18). The van der Waals surface area contributed by atoms with Gasteiger partial charge in [-0.3, -0.25) is 29.0 Å². The van der Waals surface area contributed by atoms with Crippen LogP contribution in [0.3, 0.4) is 0 Å².